The Balaban J connectivity index is 2.24. The average Bonchev–Trinajstić information content (AvgIpc) is 2.63. The van der Waals surface area contributed by atoms with Crippen molar-refractivity contribution in [3.05, 3.63) is 64.3 Å². The molecule has 2 aromatic heterocycles. The van der Waals surface area contributed by atoms with Crippen LogP contribution in [0.2, 0.25) is 0 Å². The number of anilines is 1. The van der Waals surface area contributed by atoms with E-state index in [2.05, 4.69) is 38.0 Å². The molecule has 0 bridgehead atoms. The minimum absolute atomic E-state index is 0.0952. The topological polar surface area (TPSA) is 99.4 Å². The van der Waals surface area contributed by atoms with Gasteiger partial charge in [-0.15, -0.1) is 0 Å². The third kappa shape index (κ3) is 3.48. The van der Waals surface area contributed by atoms with Crippen LogP contribution in [0.1, 0.15) is 11.1 Å². The van der Waals surface area contributed by atoms with Gasteiger partial charge in [0.15, 0.2) is 0 Å². The van der Waals surface area contributed by atoms with Crippen molar-refractivity contribution < 1.29 is 0 Å². The number of hydrogen-bond acceptors (Lipinski definition) is 6. The molecule has 0 aliphatic carbocycles. The van der Waals surface area contributed by atoms with Crippen molar-refractivity contribution >= 4 is 33.5 Å². The van der Waals surface area contributed by atoms with Gasteiger partial charge >= 0.3 is 0 Å². The van der Waals surface area contributed by atoms with Gasteiger partial charge in [-0.1, -0.05) is 34.1 Å². The molecule has 3 aromatic rings. The van der Waals surface area contributed by atoms with Crippen LogP contribution in [0.3, 0.4) is 0 Å². The quantitative estimate of drug-likeness (QED) is 0.690. The predicted octanol–water partition coefficient (Wildman–Crippen LogP) is 4.38. The fourth-order valence-corrected chi connectivity index (χ4v) is 3.40. The largest absolute Gasteiger partial charge is 0.383 e. The standard InChI is InChI=1S/C18H10BrN5S/c19-12-6-4-11(5-7-12)16-13(9-20)17(22)24-18(14(16)10-21)25-15-3-1-2-8-23-15/h1-8H,(H2,22,24). The molecule has 0 spiro atoms. The number of halogens is 1. The molecule has 0 saturated heterocycles. The number of nitrogens with two attached hydrogens (primary N) is 1. The van der Waals surface area contributed by atoms with Crippen molar-refractivity contribution in [3.63, 3.8) is 0 Å². The monoisotopic (exact) mass is 407 g/mol. The van der Waals surface area contributed by atoms with Gasteiger partial charge in [0, 0.05) is 16.2 Å². The van der Waals surface area contributed by atoms with Gasteiger partial charge in [0.05, 0.1) is 5.56 Å². The van der Waals surface area contributed by atoms with Crippen molar-refractivity contribution in [3.8, 4) is 23.3 Å². The van der Waals surface area contributed by atoms with Gasteiger partial charge in [-0.25, -0.2) is 9.97 Å². The number of pyridine rings is 2. The van der Waals surface area contributed by atoms with Crippen molar-refractivity contribution in [2.24, 2.45) is 0 Å². The highest BCUT2D eigenvalue weighted by Gasteiger charge is 2.21. The summed E-state index contributed by atoms with van der Waals surface area (Å²) in [5, 5.41) is 20.3. The summed E-state index contributed by atoms with van der Waals surface area (Å²) < 4.78 is 0.901. The second kappa shape index (κ2) is 7.35. The molecule has 0 atom stereocenters. The van der Waals surface area contributed by atoms with Crippen LogP contribution in [-0.2, 0) is 0 Å². The zero-order chi connectivity index (χ0) is 17.8. The van der Waals surface area contributed by atoms with Crippen LogP contribution in [0.4, 0.5) is 5.82 Å². The molecule has 0 unspecified atom stereocenters. The van der Waals surface area contributed by atoms with Crippen LogP contribution >= 0.6 is 27.7 Å². The summed E-state index contributed by atoms with van der Waals surface area (Å²) in [6, 6.07) is 17.1. The summed E-state index contributed by atoms with van der Waals surface area (Å²) in [5.74, 6) is 0.0952. The Morgan fingerprint density at radius 3 is 2.32 bits per heavy atom. The summed E-state index contributed by atoms with van der Waals surface area (Å²) in [6.07, 6.45) is 1.66. The van der Waals surface area contributed by atoms with E-state index in [9.17, 15) is 10.5 Å². The highest BCUT2D eigenvalue weighted by atomic mass is 79.9. The number of nitrogens with zero attached hydrogens (tertiary/aromatic N) is 4. The van der Waals surface area contributed by atoms with Gasteiger partial charge in [-0.2, -0.15) is 10.5 Å². The van der Waals surface area contributed by atoms with E-state index in [-0.39, 0.29) is 11.4 Å². The molecule has 25 heavy (non-hydrogen) atoms. The summed E-state index contributed by atoms with van der Waals surface area (Å²) in [5.41, 5.74) is 7.72. The van der Waals surface area contributed by atoms with Crippen LogP contribution in [-0.4, -0.2) is 9.97 Å². The molecule has 0 amide bonds. The fraction of sp³-hybridized carbons (Fsp3) is 0. The number of hydrogen-bond donors (Lipinski definition) is 1. The molecule has 2 N–H and O–H groups in total. The summed E-state index contributed by atoms with van der Waals surface area (Å²) in [7, 11) is 0. The lowest BCUT2D eigenvalue weighted by Gasteiger charge is -2.12. The molecule has 0 radical (unpaired) electrons. The Hall–Kier alpha value is -2.87. The van der Waals surface area contributed by atoms with Crippen LogP contribution in [0.5, 0.6) is 0 Å². The molecule has 0 saturated carbocycles. The Labute approximate surface area is 157 Å². The lowest BCUT2D eigenvalue weighted by Crippen LogP contribution is -2.03. The first kappa shape index (κ1) is 17.0. The van der Waals surface area contributed by atoms with Crippen LogP contribution in [0.25, 0.3) is 11.1 Å². The zero-order valence-corrected chi connectivity index (χ0v) is 15.2. The molecule has 2 heterocycles. The normalized spacial score (nSPS) is 10.0. The second-order valence-electron chi connectivity index (χ2n) is 4.93. The molecule has 7 heteroatoms. The molecule has 0 fully saturated rings. The minimum atomic E-state index is 0.0952. The van der Waals surface area contributed by atoms with E-state index in [0.717, 1.165) is 10.0 Å². The lowest BCUT2D eigenvalue weighted by atomic mass is 9.97. The molecule has 5 nitrogen and oxygen atoms in total. The molecule has 1 aromatic carbocycles. The van der Waals surface area contributed by atoms with E-state index in [1.165, 1.54) is 11.8 Å². The summed E-state index contributed by atoms with van der Waals surface area (Å²) >= 11 is 4.62. The number of nitrogen functional groups attached to an aromatic ring is 1. The maximum Gasteiger partial charge on any atom is 0.143 e. The number of rotatable bonds is 3. The minimum Gasteiger partial charge on any atom is -0.383 e. The Bertz CT molecular complexity index is 1000. The first-order valence-corrected chi connectivity index (χ1v) is 8.73. The molecular formula is C18H10BrN5S. The molecule has 0 aliphatic heterocycles. The SMILES string of the molecule is N#Cc1c(N)nc(Sc2ccccn2)c(C#N)c1-c1ccc(Br)cc1. The van der Waals surface area contributed by atoms with E-state index in [0.29, 0.717) is 21.2 Å². The summed E-state index contributed by atoms with van der Waals surface area (Å²) in [6.45, 7) is 0. The van der Waals surface area contributed by atoms with E-state index in [4.69, 9.17) is 5.73 Å². The van der Waals surface area contributed by atoms with Gasteiger partial charge in [-0.3, -0.25) is 0 Å². The maximum absolute atomic E-state index is 9.72. The van der Waals surface area contributed by atoms with Crippen molar-refractivity contribution in [2.75, 3.05) is 5.73 Å². The van der Waals surface area contributed by atoms with Gasteiger partial charge in [0.2, 0.25) is 0 Å². The van der Waals surface area contributed by atoms with Crippen molar-refractivity contribution in [2.45, 2.75) is 10.1 Å². The first-order valence-electron chi connectivity index (χ1n) is 7.12. The predicted molar refractivity (Wildman–Crippen MR) is 99.6 cm³/mol. The van der Waals surface area contributed by atoms with Gasteiger partial charge in [0.1, 0.15) is 33.6 Å². The van der Waals surface area contributed by atoms with Gasteiger partial charge in [0.25, 0.3) is 0 Å². The first-order chi connectivity index (χ1) is 12.1. The highest BCUT2D eigenvalue weighted by molar-refractivity contribution is 9.10. The molecule has 0 aliphatic rings. The van der Waals surface area contributed by atoms with E-state index in [1.54, 1.807) is 6.20 Å². The number of aromatic nitrogens is 2. The Morgan fingerprint density at radius 2 is 1.72 bits per heavy atom. The Kier molecular flexibility index (Phi) is 4.99. The molecule has 120 valence electrons. The van der Waals surface area contributed by atoms with Gasteiger partial charge in [-0.05, 0) is 41.6 Å². The van der Waals surface area contributed by atoms with E-state index < -0.39 is 0 Å². The summed E-state index contributed by atoms with van der Waals surface area (Å²) in [4.78, 5) is 8.50. The third-order valence-electron chi connectivity index (χ3n) is 3.39. The van der Waals surface area contributed by atoms with E-state index in [1.807, 2.05) is 42.5 Å². The smallest absolute Gasteiger partial charge is 0.143 e. The van der Waals surface area contributed by atoms with Gasteiger partial charge < -0.3 is 5.73 Å². The zero-order valence-electron chi connectivity index (χ0n) is 12.8. The maximum atomic E-state index is 9.72. The van der Waals surface area contributed by atoms with Crippen LogP contribution in [0.15, 0.2) is 63.2 Å². The lowest BCUT2D eigenvalue weighted by molar-refractivity contribution is 1.08. The third-order valence-corrected chi connectivity index (χ3v) is 4.86. The van der Waals surface area contributed by atoms with Crippen LogP contribution in [0, 0.1) is 22.7 Å². The number of benzene rings is 1. The van der Waals surface area contributed by atoms with E-state index >= 15 is 0 Å². The highest BCUT2D eigenvalue weighted by Crippen LogP contribution is 2.37. The van der Waals surface area contributed by atoms with Crippen molar-refractivity contribution in [1.29, 1.82) is 10.5 Å². The second-order valence-corrected chi connectivity index (χ2v) is 6.85. The van der Waals surface area contributed by atoms with Crippen LogP contribution < -0.4 is 5.73 Å². The fourth-order valence-electron chi connectivity index (χ4n) is 2.28. The van der Waals surface area contributed by atoms with Crippen molar-refractivity contribution in [1.82, 2.24) is 9.97 Å². The average molecular weight is 408 g/mol. The molecular weight excluding hydrogens is 398 g/mol. The molecule has 3 rings (SSSR count). The Morgan fingerprint density at radius 1 is 1.00 bits per heavy atom. The number of nitriles is 2.